The molecule has 0 spiro atoms. The van der Waals surface area contributed by atoms with E-state index >= 15 is 0 Å². The molecule has 0 bridgehead atoms. The lowest BCUT2D eigenvalue weighted by Gasteiger charge is -2.04. The normalized spacial score (nSPS) is 13.8. The number of fused-ring (bicyclic) bond motifs is 1. The van der Waals surface area contributed by atoms with E-state index in [0.717, 1.165) is 6.42 Å². The van der Waals surface area contributed by atoms with Crippen molar-refractivity contribution in [3.63, 3.8) is 0 Å². The fourth-order valence-electron chi connectivity index (χ4n) is 2.27. The van der Waals surface area contributed by atoms with Gasteiger partial charge < -0.3 is 0 Å². The van der Waals surface area contributed by atoms with Gasteiger partial charge in [0.1, 0.15) is 0 Å². The average molecular weight is 244 g/mol. The minimum absolute atomic E-state index is 1.12. The van der Waals surface area contributed by atoms with Crippen LogP contribution in [0, 0.1) is 0 Å². The molecule has 1 aromatic carbocycles. The molecule has 1 aromatic heterocycles. The van der Waals surface area contributed by atoms with Gasteiger partial charge >= 0.3 is 0 Å². The number of allylic oxidation sites excluding steroid dienone is 1. The number of thiophene rings is 1. The zero-order valence-corrected chi connectivity index (χ0v) is 11.1. The molecule has 2 heteroatoms. The first kappa shape index (κ1) is 10.3. The maximum atomic E-state index is 2.88. The summed E-state index contributed by atoms with van der Waals surface area (Å²) in [5.74, 6) is 0. The van der Waals surface area contributed by atoms with Crippen LogP contribution in [0.15, 0.2) is 35.9 Å². The van der Waals surface area contributed by atoms with Crippen LogP contribution in [0.5, 0.6) is 0 Å². The highest BCUT2D eigenvalue weighted by atomic mass is 32.1. The van der Waals surface area contributed by atoms with E-state index in [9.17, 15) is 0 Å². The van der Waals surface area contributed by atoms with Crippen LogP contribution in [0.25, 0.3) is 17.2 Å². The van der Waals surface area contributed by atoms with Crippen molar-refractivity contribution in [2.45, 2.75) is 13.3 Å². The molecule has 80 valence electrons. The molecule has 0 N–H and O–H groups in total. The van der Waals surface area contributed by atoms with E-state index in [2.05, 4.69) is 52.6 Å². The van der Waals surface area contributed by atoms with Gasteiger partial charge in [-0.2, -0.15) is 0 Å². The largest absolute Gasteiger partial charge is 0.136 e. The third-order valence-corrected chi connectivity index (χ3v) is 4.61. The van der Waals surface area contributed by atoms with E-state index in [1.165, 1.54) is 31.8 Å². The Morgan fingerprint density at radius 3 is 2.69 bits per heavy atom. The molecule has 1 aliphatic rings. The van der Waals surface area contributed by atoms with Gasteiger partial charge in [0.15, 0.2) is 0 Å². The van der Waals surface area contributed by atoms with E-state index in [1.807, 2.05) is 11.3 Å². The molecule has 0 aliphatic heterocycles. The summed E-state index contributed by atoms with van der Waals surface area (Å²) in [6.07, 6.45) is 3.43. The van der Waals surface area contributed by atoms with Gasteiger partial charge in [0.05, 0.1) is 0 Å². The second-order valence-corrected chi connectivity index (χ2v) is 6.30. The summed E-state index contributed by atoms with van der Waals surface area (Å²) >= 11 is 1.89. The first-order chi connectivity index (χ1) is 7.75. The van der Waals surface area contributed by atoms with Crippen molar-refractivity contribution in [1.29, 1.82) is 0 Å². The van der Waals surface area contributed by atoms with E-state index in [0.29, 0.717) is 0 Å². The van der Waals surface area contributed by atoms with Crippen molar-refractivity contribution in [2.75, 3.05) is 0 Å². The van der Waals surface area contributed by atoms with Crippen LogP contribution < -0.4 is 4.62 Å². The molecule has 2 aromatic rings. The summed E-state index contributed by atoms with van der Waals surface area (Å²) in [5.41, 5.74) is 5.76. The summed E-state index contributed by atoms with van der Waals surface area (Å²) < 4.78 is 1.36. The number of benzene rings is 1. The minimum Gasteiger partial charge on any atom is -0.136 e. The Labute approximate surface area is 102 Å². The second kappa shape index (κ2) is 3.84. The Hall–Kier alpha value is -0.910. The van der Waals surface area contributed by atoms with Crippen molar-refractivity contribution in [3.8, 4) is 11.1 Å². The fourth-order valence-corrected chi connectivity index (χ4v) is 4.13. The fraction of sp³-hybridized carbons (Fsp3) is 0.143. The quantitative estimate of drug-likeness (QED) is 0.668. The molecule has 0 saturated heterocycles. The van der Waals surface area contributed by atoms with Crippen LogP contribution in [-0.4, -0.2) is 0 Å². The molecule has 0 nitrogen and oxygen atoms in total. The third kappa shape index (κ3) is 1.55. The third-order valence-electron chi connectivity index (χ3n) is 2.96. The second-order valence-electron chi connectivity index (χ2n) is 4.22. The highest BCUT2D eigenvalue weighted by Crippen LogP contribution is 2.38. The van der Waals surface area contributed by atoms with E-state index in [4.69, 9.17) is 0 Å². The van der Waals surface area contributed by atoms with Gasteiger partial charge in [-0.15, -0.1) is 11.3 Å². The molecule has 0 fully saturated rings. The molecule has 1 atom stereocenters. The molecule has 1 aliphatic carbocycles. The molecule has 3 rings (SSSR count). The van der Waals surface area contributed by atoms with Gasteiger partial charge in [0.2, 0.25) is 0 Å². The van der Waals surface area contributed by atoms with Crippen LogP contribution >= 0.6 is 20.6 Å². The molecule has 0 amide bonds. The summed E-state index contributed by atoms with van der Waals surface area (Å²) in [5, 5.41) is 0. The molecule has 0 saturated carbocycles. The Bertz CT molecular complexity index is 564. The summed E-state index contributed by atoms with van der Waals surface area (Å²) in [6.45, 7) is 2.21. The smallest absolute Gasteiger partial charge is 0.0318 e. The Balaban J connectivity index is 2.19. The molecule has 0 radical (unpaired) electrons. The van der Waals surface area contributed by atoms with Gasteiger partial charge in [-0.05, 0) is 30.5 Å². The van der Waals surface area contributed by atoms with E-state index in [1.54, 1.807) is 0 Å². The van der Waals surface area contributed by atoms with Crippen LogP contribution in [0.1, 0.15) is 17.4 Å². The van der Waals surface area contributed by atoms with Gasteiger partial charge in [0.25, 0.3) is 0 Å². The van der Waals surface area contributed by atoms with Crippen molar-refractivity contribution in [1.82, 2.24) is 0 Å². The SMILES string of the molecule is CC1=Cc2sc(P)c(-c3ccccc3)c2C1. The lowest BCUT2D eigenvalue weighted by Crippen LogP contribution is -1.92. The first-order valence-electron chi connectivity index (χ1n) is 5.39. The molecular weight excluding hydrogens is 231 g/mol. The van der Waals surface area contributed by atoms with Gasteiger partial charge in [0, 0.05) is 15.1 Å². The lowest BCUT2D eigenvalue weighted by atomic mass is 10.0. The highest BCUT2D eigenvalue weighted by molar-refractivity contribution is 7.44. The summed E-state index contributed by atoms with van der Waals surface area (Å²) in [6, 6.07) is 10.7. The summed E-state index contributed by atoms with van der Waals surface area (Å²) in [7, 11) is 2.88. The molecule has 1 heterocycles. The molecule has 1 unspecified atom stereocenters. The number of hydrogen-bond donors (Lipinski definition) is 0. The Kier molecular flexibility index (Phi) is 2.46. The Morgan fingerprint density at radius 1 is 1.19 bits per heavy atom. The standard InChI is InChI=1S/C14H13PS/c1-9-7-11-12(8-9)16-14(15)13(11)10-5-3-2-4-6-10/h2-6,8H,7,15H2,1H3. The monoisotopic (exact) mass is 244 g/mol. The first-order valence-corrected chi connectivity index (χ1v) is 6.79. The minimum atomic E-state index is 1.12. The van der Waals surface area contributed by atoms with Crippen LogP contribution in [0.3, 0.4) is 0 Å². The average Bonchev–Trinajstić information content (AvgIpc) is 2.74. The van der Waals surface area contributed by atoms with E-state index in [-0.39, 0.29) is 0 Å². The Morgan fingerprint density at radius 2 is 1.94 bits per heavy atom. The highest BCUT2D eigenvalue weighted by Gasteiger charge is 2.20. The predicted molar refractivity (Wildman–Crippen MR) is 76.5 cm³/mol. The van der Waals surface area contributed by atoms with Crippen molar-refractivity contribution < 1.29 is 0 Å². The number of rotatable bonds is 1. The van der Waals surface area contributed by atoms with Crippen molar-refractivity contribution in [2.24, 2.45) is 0 Å². The van der Waals surface area contributed by atoms with Crippen LogP contribution in [0.2, 0.25) is 0 Å². The van der Waals surface area contributed by atoms with Gasteiger partial charge in [-0.1, -0.05) is 45.1 Å². The zero-order valence-electron chi connectivity index (χ0n) is 9.16. The predicted octanol–water partition coefficient (Wildman–Crippen LogP) is 3.87. The summed E-state index contributed by atoms with van der Waals surface area (Å²) in [4.78, 5) is 1.45. The molecular formula is C14H13PS. The van der Waals surface area contributed by atoms with Crippen LogP contribution in [-0.2, 0) is 6.42 Å². The van der Waals surface area contributed by atoms with Crippen molar-refractivity contribution in [3.05, 3.63) is 46.3 Å². The molecule has 16 heavy (non-hydrogen) atoms. The maximum absolute atomic E-state index is 2.88. The van der Waals surface area contributed by atoms with Crippen molar-refractivity contribution >= 4 is 31.3 Å². The van der Waals surface area contributed by atoms with Gasteiger partial charge in [-0.25, -0.2) is 0 Å². The lowest BCUT2D eigenvalue weighted by molar-refractivity contribution is 1.21. The zero-order chi connectivity index (χ0) is 11.1. The van der Waals surface area contributed by atoms with Gasteiger partial charge in [-0.3, -0.25) is 0 Å². The van der Waals surface area contributed by atoms with E-state index < -0.39 is 0 Å². The topological polar surface area (TPSA) is 0 Å². The van der Waals surface area contributed by atoms with Crippen LogP contribution in [0.4, 0.5) is 0 Å². The maximum Gasteiger partial charge on any atom is 0.0318 e. The number of hydrogen-bond acceptors (Lipinski definition) is 1.